The Balaban J connectivity index is 2.69. The molecule has 0 aliphatic carbocycles. The monoisotopic (exact) mass is 185 g/mol. The molecule has 12 heavy (non-hydrogen) atoms. The third-order valence-electron chi connectivity index (χ3n) is 1.51. The van der Waals surface area contributed by atoms with Gasteiger partial charge in [0.15, 0.2) is 4.77 Å². The fourth-order valence-corrected chi connectivity index (χ4v) is 1.27. The van der Waals surface area contributed by atoms with Gasteiger partial charge in [-0.15, -0.1) is 0 Å². The van der Waals surface area contributed by atoms with Crippen molar-refractivity contribution in [3.05, 3.63) is 16.7 Å². The summed E-state index contributed by atoms with van der Waals surface area (Å²) >= 11 is 4.98. The maximum Gasteiger partial charge on any atom is 0.219 e. The van der Waals surface area contributed by atoms with Crippen LogP contribution in [0.3, 0.4) is 0 Å². The second kappa shape index (κ2) is 3.53. The number of aromatic nitrogens is 2. The van der Waals surface area contributed by atoms with E-state index in [2.05, 4.69) is 4.98 Å². The van der Waals surface area contributed by atoms with Gasteiger partial charge in [0.1, 0.15) is 0 Å². The van der Waals surface area contributed by atoms with Crippen LogP contribution in [-0.4, -0.2) is 15.5 Å². The molecule has 0 bridgehead atoms. The van der Waals surface area contributed by atoms with Crippen molar-refractivity contribution in [3.8, 4) is 0 Å². The molecule has 0 fully saturated rings. The van der Waals surface area contributed by atoms with Crippen molar-refractivity contribution < 1.29 is 4.79 Å². The van der Waals surface area contributed by atoms with Crippen molar-refractivity contribution in [1.82, 2.24) is 9.55 Å². The largest absolute Gasteiger partial charge is 0.370 e. The Morgan fingerprint density at radius 2 is 2.50 bits per heavy atom. The van der Waals surface area contributed by atoms with E-state index in [9.17, 15) is 4.79 Å². The lowest BCUT2D eigenvalue weighted by atomic mass is 10.4. The maximum atomic E-state index is 10.5. The van der Waals surface area contributed by atoms with Crippen molar-refractivity contribution >= 4 is 18.1 Å². The summed E-state index contributed by atoms with van der Waals surface area (Å²) in [6.07, 6.45) is 2.19. The Morgan fingerprint density at radius 1 is 1.83 bits per heavy atom. The highest BCUT2D eigenvalue weighted by Crippen LogP contribution is 1.98. The number of nitrogens with zero attached hydrogens (tertiary/aromatic N) is 1. The first-order valence-electron chi connectivity index (χ1n) is 3.64. The number of aryl methyl sites for hydroxylation is 2. The minimum absolute atomic E-state index is 0.309. The molecule has 1 amide bonds. The van der Waals surface area contributed by atoms with E-state index >= 15 is 0 Å². The molecule has 0 atom stereocenters. The molecular formula is C7H11N3OS. The Hall–Kier alpha value is -1.10. The average molecular weight is 185 g/mol. The first-order valence-corrected chi connectivity index (χ1v) is 4.05. The zero-order valence-corrected chi connectivity index (χ0v) is 7.65. The maximum absolute atomic E-state index is 10.5. The van der Waals surface area contributed by atoms with Crippen LogP contribution < -0.4 is 5.73 Å². The molecule has 1 heterocycles. The fraction of sp³-hybridized carbons (Fsp3) is 0.429. The molecular weight excluding hydrogens is 174 g/mol. The Kier molecular flexibility index (Phi) is 2.65. The second-order valence-electron chi connectivity index (χ2n) is 2.65. The highest BCUT2D eigenvalue weighted by atomic mass is 32.1. The van der Waals surface area contributed by atoms with E-state index in [0.717, 1.165) is 5.69 Å². The minimum atomic E-state index is -0.309. The lowest BCUT2D eigenvalue weighted by molar-refractivity contribution is -0.118. The molecule has 0 unspecified atom stereocenters. The number of carbonyl (C=O) groups is 1. The second-order valence-corrected chi connectivity index (χ2v) is 3.04. The summed E-state index contributed by atoms with van der Waals surface area (Å²) in [4.78, 5) is 13.4. The van der Waals surface area contributed by atoms with Crippen LogP contribution in [0.4, 0.5) is 0 Å². The van der Waals surface area contributed by atoms with E-state index in [4.69, 9.17) is 18.0 Å². The molecule has 0 aliphatic heterocycles. The van der Waals surface area contributed by atoms with Gasteiger partial charge in [0.05, 0.1) is 0 Å². The van der Waals surface area contributed by atoms with Crippen LogP contribution >= 0.6 is 12.2 Å². The lowest BCUT2D eigenvalue weighted by Crippen LogP contribution is -2.13. The van der Waals surface area contributed by atoms with Gasteiger partial charge in [-0.25, -0.2) is 0 Å². The number of rotatable bonds is 3. The van der Waals surface area contributed by atoms with Crippen LogP contribution in [-0.2, 0) is 11.3 Å². The fourth-order valence-electron chi connectivity index (χ4n) is 0.962. The van der Waals surface area contributed by atoms with Gasteiger partial charge >= 0.3 is 0 Å². The number of amides is 1. The van der Waals surface area contributed by atoms with E-state index in [1.54, 1.807) is 4.57 Å². The summed E-state index contributed by atoms with van der Waals surface area (Å²) in [6, 6.07) is 0. The van der Waals surface area contributed by atoms with Gasteiger partial charge in [-0.05, 0) is 19.1 Å². The normalized spacial score (nSPS) is 10.1. The van der Waals surface area contributed by atoms with Crippen molar-refractivity contribution in [2.75, 3.05) is 0 Å². The van der Waals surface area contributed by atoms with Crippen LogP contribution in [0.15, 0.2) is 6.20 Å². The van der Waals surface area contributed by atoms with Crippen molar-refractivity contribution in [3.63, 3.8) is 0 Å². The molecule has 3 N–H and O–H groups in total. The van der Waals surface area contributed by atoms with Gasteiger partial charge in [0.2, 0.25) is 5.91 Å². The molecule has 0 saturated heterocycles. The van der Waals surface area contributed by atoms with Gasteiger partial charge in [-0.3, -0.25) is 4.79 Å². The number of nitrogens with one attached hydrogen (secondary N) is 1. The molecule has 0 spiro atoms. The van der Waals surface area contributed by atoms with Crippen LogP contribution in [0.25, 0.3) is 0 Å². The zero-order valence-electron chi connectivity index (χ0n) is 6.83. The van der Waals surface area contributed by atoms with Gasteiger partial charge in [0, 0.05) is 24.9 Å². The van der Waals surface area contributed by atoms with Gasteiger partial charge < -0.3 is 15.3 Å². The van der Waals surface area contributed by atoms with E-state index in [-0.39, 0.29) is 5.91 Å². The number of imidazole rings is 1. The van der Waals surface area contributed by atoms with Crippen LogP contribution in [0, 0.1) is 11.7 Å². The SMILES string of the molecule is Cc1cn(CCC(N)=O)c(=S)[nH]1. The average Bonchev–Trinajstić information content (AvgIpc) is 2.26. The first-order chi connectivity index (χ1) is 5.59. The number of aromatic amines is 1. The van der Waals surface area contributed by atoms with Crippen molar-refractivity contribution in [1.29, 1.82) is 0 Å². The summed E-state index contributed by atoms with van der Waals surface area (Å²) in [6.45, 7) is 2.47. The Labute approximate surface area is 75.4 Å². The smallest absolute Gasteiger partial charge is 0.219 e. The summed E-state index contributed by atoms with van der Waals surface area (Å²) < 4.78 is 2.43. The number of primary amides is 1. The molecule has 0 aliphatic rings. The molecule has 0 saturated carbocycles. The number of carbonyl (C=O) groups excluding carboxylic acids is 1. The van der Waals surface area contributed by atoms with Crippen molar-refractivity contribution in [2.24, 2.45) is 5.73 Å². The zero-order chi connectivity index (χ0) is 9.14. The molecule has 0 radical (unpaired) electrons. The predicted molar refractivity (Wildman–Crippen MR) is 48.2 cm³/mol. The molecule has 4 nitrogen and oxygen atoms in total. The summed E-state index contributed by atoms with van der Waals surface area (Å²) in [5.74, 6) is -0.309. The molecule has 0 aromatic carbocycles. The van der Waals surface area contributed by atoms with E-state index in [1.807, 2.05) is 13.1 Å². The van der Waals surface area contributed by atoms with Crippen LogP contribution in [0.2, 0.25) is 0 Å². The summed E-state index contributed by atoms with van der Waals surface area (Å²) in [5.41, 5.74) is 5.99. The first kappa shape index (κ1) is 8.99. The Morgan fingerprint density at radius 3 is 2.92 bits per heavy atom. The number of hydrogen-bond donors (Lipinski definition) is 2. The third kappa shape index (κ3) is 2.20. The lowest BCUT2D eigenvalue weighted by Gasteiger charge is -1.97. The minimum Gasteiger partial charge on any atom is -0.370 e. The molecule has 1 aromatic rings. The molecule has 66 valence electrons. The standard InChI is InChI=1S/C7H11N3OS/c1-5-4-10(7(12)9-5)3-2-6(8)11/h4H,2-3H2,1H3,(H2,8,11)(H,9,12). The van der Waals surface area contributed by atoms with Gasteiger partial charge in [-0.1, -0.05) is 0 Å². The molecule has 1 rings (SSSR count). The van der Waals surface area contributed by atoms with Gasteiger partial charge in [0.25, 0.3) is 0 Å². The Bertz CT molecular complexity index is 339. The number of H-pyrrole nitrogens is 1. The summed E-state index contributed by atoms with van der Waals surface area (Å²) in [7, 11) is 0. The molecule has 5 heteroatoms. The quantitative estimate of drug-likeness (QED) is 0.682. The molecule has 1 aromatic heterocycles. The predicted octanol–water partition coefficient (Wildman–Crippen LogP) is 0.730. The highest BCUT2D eigenvalue weighted by Gasteiger charge is 1.98. The van der Waals surface area contributed by atoms with E-state index < -0.39 is 0 Å². The highest BCUT2D eigenvalue weighted by molar-refractivity contribution is 7.71. The van der Waals surface area contributed by atoms with Crippen molar-refractivity contribution in [2.45, 2.75) is 19.9 Å². The summed E-state index contributed by atoms with van der Waals surface area (Å²) in [5, 5.41) is 0. The van der Waals surface area contributed by atoms with Crippen LogP contribution in [0.5, 0.6) is 0 Å². The van der Waals surface area contributed by atoms with Crippen LogP contribution in [0.1, 0.15) is 12.1 Å². The van der Waals surface area contributed by atoms with E-state index in [1.165, 1.54) is 0 Å². The van der Waals surface area contributed by atoms with Gasteiger partial charge in [-0.2, -0.15) is 0 Å². The topological polar surface area (TPSA) is 63.8 Å². The number of nitrogens with two attached hydrogens (primary N) is 1. The third-order valence-corrected chi connectivity index (χ3v) is 1.85. The number of hydrogen-bond acceptors (Lipinski definition) is 2. The van der Waals surface area contributed by atoms with E-state index in [0.29, 0.717) is 17.7 Å².